The lowest BCUT2D eigenvalue weighted by Crippen LogP contribution is -1.97. The zero-order valence-corrected chi connectivity index (χ0v) is 8.78. The van der Waals surface area contributed by atoms with E-state index in [0.29, 0.717) is 18.2 Å². The maximum Gasteiger partial charge on any atom is 0.335 e. The summed E-state index contributed by atoms with van der Waals surface area (Å²) < 4.78 is 5.30. The molecule has 1 aromatic rings. The first kappa shape index (κ1) is 11.6. The van der Waals surface area contributed by atoms with Crippen molar-refractivity contribution in [3.8, 4) is 5.75 Å². The van der Waals surface area contributed by atoms with E-state index in [-0.39, 0.29) is 5.56 Å². The standard InChI is InChI=1S/C11H11ClO3/c12-7-1-2-8-15-10-5-3-9(4-6-10)11(13)14/h1-6H,7-8H2,(H,13,14). The molecular formula is C11H11ClO3. The molecule has 0 spiro atoms. The van der Waals surface area contributed by atoms with Gasteiger partial charge in [0.15, 0.2) is 0 Å². The Morgan fingerprint density at radius 2 is 2.00 bits per heavy atom. The number of ether oxygens (including phenoxy) is 1. The van der Waals surface area contributed by atoms with Gasteiger partial charge in [-0.3, -0.25) is 0 Å². The third-order valence-electron chi connectivity index (χ3n) is 1.70. The predicted octanol–water partition coefficient (Wildman–Crippen LogP) is 2.56. The number of carboxylic acids is 1. The molecule has 0 saturated carbocycles. The molecular weight excluding hydrogens is 216 g/mol. The zero-order chi connectivity index (χ0) is 11.1. The smallest absolute Gasteiger partial charge is 0.335 e. The highest BCUT2D eigenvalue weighted by molar-refractivity contribution is 6.18. The minimum atomic E-state index is -0.941. The second-order valence-corrected chi connectivity index (χ2v) is 3.07. The van der Waals surface area contributed by atoms with Gasteiger partial charge in [0.2, 0.25) is 0 Å². The van der Waals surface area contributed by atoms with E-state index in [2.05, 4.69) is 0 Å². The molecule has 1 rings (SSSR count). The largest absolute Gasteiger partial charge is 0.490 e. The van der Waals surface area contributed by atoms with Gasteiger partial charge in [0.25, 0.3) is 0 Å². The Morgan fingerprint density at radius 1 is 1.33 bits per heavy atom. The van der Waals surface area contributed by atoms with E-state index in [1.54, 1.807) is 24.3 Å². The number of rotatable bonds is 5. The van der Waals surface area contributed by atoms with Gasteiger partial charge in [0, 0.05) is 5.88 Å². The monoisotopic (exact) mass is 226 g/mol. The third kappa shape index (κ3) is 4.04. The molecule has 0 aromatic heterocycles. The molecule has 0 atom stereocenters. The minimum absolute atomic E-state index is 0.249. The SMILES string of the molecule is O=C(O)c1ccc(OCC=CCCl)cc1. The molecule has 0 bridgehead atoms. The molecule has 1 N–H and O–H groups in total. The van der Waals surface area contributed by atoms with Crippen LogP contribution in [0.25, 0.3) is 0 Å². The number of hydrogen-bond acceptors (Lipinski definition) is 2. The number of carbonyl (C=O) groups is 1. The van der Waals surface area contributed by atoms with Gasteiger partial charge in [-0.1, -0.05) is 12.2 Å². The first-order valence-electron chi connectivity index (χ1n) is 4.41. The molecule has 0 aliphatic heterocycles. The summed E-state index contributed by atoms with van der Waals surface area (Å²) in [6, 6.07) is 6.25. The number of benzene rings is 1. The van der Waals surface area contributed by atoms with Crippen molar-refractivity contribution in [1.82, 2.24) is 0 Å². The minimum Gasteiger partial charge on any atom is -0.490 e. The topological polar surface area (TPSA) is 46.5 Å². The van der Waals surface area contributed by atoms with Crippen LogP contribution in [0, 0.1) is 0 Å². The van der Waals surface area contributed by atoms with Crippen LogP contribution in [-0.2, 0) is 0 Å². The van der Waals surface area contributed by atoms with Gasteiger partial charge in [0.1, 0.15) is 12.4 Å². The predicted molar refractivity (Wildman–Crippen MR) is 58.8 cm³/mol. The number of halogens is 1. The Hall–Kier alpha value is -1.48. The van der Waals surface area contributed by atoms with Gasteiger partial charge in [-0.25, -0.2) is 4.79 Å². The molecule has 0 aliphatic carbocycles. The molecule has 0 aliphatic rings. The summed E-state index contributed by atoms with van der Waals surface area (Å²) in [5.74, 6) is 0.157. The van der Waals surface area contributed by atoms with Crippen LogP contribution in [0.3, 0.4) is 0 Å². The molecule has 3 nitrogen and oxygen atoms in total. The quantitative estimate of drug-likeness (QED) is 0.620. The normalized spacial score (nSPS) is 10.5. The van der Waals surface area contributed by atoms with Crippen molar-refractivity contribution in [2.24, 2.45) is 0 Å². The van der Waals surface area contributed by atoms with E-state index in [4.69, 9.17) is 21.4 Å². The van der Waals surface area contributed by atoms with Crippen molar-refractivity contribution in [1.29, 1.82) is 0 Å². The molecule has 80 valence electrons. The summed E-state index contributed by atoms with van der Waals surface area (Å²) in [6.07, 6.45) is 3.59. The Balaban J connectivity index is 2.50. The van der Waals surface area contributed by atoms with Crippen LogP contribution in [0.4, 0.5) is 0 Å². The van der Waals surface area contributed by atoms with Crippen LogP contribution < -0.4 is 4.74 Å². The molecule has 0 radical (unpaired) electrons. The molecule has 0 saturated heterocycles. The summed E-state index contributed by atoms with van der Waals surface area (Å²) in [7, 11) is 0. The number of alkyl halides is 1. The van der Waals surface area contributed by atoms with Crippen LogP contribution in [-0.4, -0.2) is 23.6 Å². The van der Waals surface area contributed by atoms with Crippen LogP contribution >= 0.6 is 11.6 Å². The molecule has 1 aromatic carbocycles. The summed E-state index contributed by atoms with van der Waals surface area (Å²) in [5.41, 5.74) is 0.249. The summed E-state index contributed by atoms with van der Waals surface area (Å²) >= 11 is 5.43. The van der Waals surface area contributed by atoms with Crippen molar-refractivity contribution in [2.75, 3.05) is 12.5 Å². The van der Waals surface area contributed by atoms with Gasteiger partial charge < -0.3 is 9.84 Å². The number of hydrogen-bond donors (Lipinski definition) is 1. The van der Waals surface area contributed by atoms with E-state index in [0.717, 1.165) is 0 Å². The van der Waals surface area contributed by atoms with Crippen molar-refractivity contribution in [3.63, 3.8) is 0 Å². The van der Waals surface area contributed by atoms with E-state index in [9.17, 15) is 4.79 Å². The van der Waals surface area contributed by atoms with Gasteiger partial charge in [-0.2, -0.15) is 0 Å². The van der Waals surface area contributed by atoms with Crippen molar-refractivity contribution in [2.45, 2.75) is 0 Å². The Kier molecular flexibility index (Phi) is 4.71. The molecule has 0 fully saturated rings. The summed E-state index contributed by atoms with van der Waals surface area (Å²) in [6.45, 7) is 0.430. The maximum atomic E-state index is 10.5. The van der Waals surface area contributed by atoms with Gasteiger partial charge in [-0.05, 0) is 24.3 Å². The number of allylic oxidation sites excluding steroid dienone is 1. The van der Waals surface area contributed by atoms with E-state index in [1.807, 2.05) is 0 Å². The van der Waals surface area contributed by atoms with E-state index >= 15 is 0 Å². The zero-order valence-electron chi connectivity index (χ0n) is 8.02. The van der Waals surface area contributed by atoms with Gasteiger partial charge in [0.05, 0.1) is 5.56 Å². The third-order valence-corrected chi connectivity index (χ3v) is 1.88. The average Bonchev–Trinajstić information content (AvgIpc) is 2.25. The van der Waals surface area contributed by atoms with E-state index in [1.165, 1.54) is 12.1 Å². The molecule has 0 unspecified atom stereocenters. The van der Waals surface area contributed by atoms with Gasteiger partial charge in [-0.15, -0.1) is 11.6 Å². The number of carboxylic acid groups (broad SMARTS) is 1. The number of aromatic carboxylic acids is 1. The van der Waals surface area contributed by atoms with Crippen LogP contribution in [0.2, 0.25) is 0 Å². The Bertz CT molecular complexity index is 343. The summed E-state index contributed by atoms with van der Waals surface area (Å²) in [4.78, 5) is 10.5. The Labute approximate surface area is 92.9 Å². The summed E-state index contributed by atoms with van der Waals surface area (Å²) in [5, 5.41) is 8.66. The lowest BCUT2D eigenvalue weighted by Gasteiger charge is -2.02. The van der Waals surface area contributed by atoms with Crippen molar-refractivity contribution < 1.29 is 14.6 Å². The molecule has 4 heteroatoms. The molecule has 0 amide bonds. The highest BCUT2D eigenvalue weighted by Crippen LogP contribution is 2.11. The second kappa shape index (κ2) is 6.09. The van der Waals surface area contributed by atoms with Crippen LogP contribution in [0.5, 0.6) is 5.75 Å². The second-order valence-electron chi connectivity index (χ2n) is 2.77. The molecule has 0 heterocycles. The first-order chi connectivity index (χ1) is 7.24. The first-order valence-corrected chi connectivity index (χ1v) is 4.94. The highest BCUT2D eigenvalue weighted by Gasteiger charge is 2.01. The van der Waals surface area contributed by atoms with Crippen LogP contribution in [0.15, 0.2) is 36.4 Å². The van der Waals surface area contributed by atoms with Crippen molar-refractivity contribution >= 4 is 17.6 Å². The fraction of sp³-hybridized carbons (Fsp3) is 0.182. The van der Waals surface area contributed by atoms with Crippen LogP contribution in [0.1, 0.15) is 10.4 Å². The van der Waals surface area contributed by atoms with E-state index < -0.39 is 5.97 Å². The lowest BCUT2D eigenvalue weighted by molar-refractivity contribution is 0.0697. The average molecular weight is 227 g/mol. The van der Waals surface area contributed by atoms with Crippen molar-refractivity contribution in [3.05, 3.63) is 42.0 Å². The molecule has 15 heavy (non-hydrogen) atoms. The lowest BCUT2D eigenvalue weighted by atomic mass is 10.2. The van der Waals surface area contributed by atoms with Gasteiger partial charge >= 0.3 is 5.97 Å². The highest BCUT2D eigenvalue weighted by atomic mass is 35.5. The fourth-order valence-electron chi connectivity index (χ4n) is 0.969. The fourth-order valence-corrected chi connectivity index (χ4v) is 1.10. The maximum absolute atomic E-state index is 10.5. The Morgan fingerprint density at radius 3 is 2.53 bits per heavy atom.